The molecule has 1 aliphatic heterocycles. The van der Waals surface area contributed by atoms with Gasteiger partial charge in [-0.2, -0.15) is 5.10 Å². The summed E-state index contributed by atoms with van der Waals surface area (Å²) in [5, 5.41) is 5.63. The maximum Gasteiger partial charge on any atom is 0.264 e. The first-order valence-electron chi connectivity index (χ1n) is 10.9. The molecule has 2 aromatic heterocycles. The summed E-state index contributed by atoms with van der Waals surface area (Å²) in [5.41, 5.74) is 3.00. The van der Waals surface area contributed by atoms with Crippen molar-refractivity contribution in [3.05, 3.63) is 76.5 Å². The van der Waals surface area contributed by atoms with Crippen molar-refractivity contribution in [2.75, 3.05) is 38.2 Å². The summed E-state index contributed by atoms with van der Waals surface area (Å²) >= 11 is 1.48. The van der Waals surface area contributed by atoms with Gasteiger partial charge in [-0.05, 0) is 55.0 Å². The quantitative estimate of drug-likeness (QED) is 0.434. The number of amides is 1. The summed E-state index contributed by atoms with van der Waals surface area (Å²) in [6, 6.07) is 16.4. The van der Waals surface area contributed by atoms with Crippen molar-refractivity contribution in [3.63, 3.8) is 0 Å². The van der Waals surface area contributed by atoms with E-state index in [2.05, 4.69) is 22.1 Å². The highest BCUT2D eigenvalue weighted by molar-refractivity contribution is 7.20. The lowest BCUT2D eigenvalue weighted by atomic mass is 10.2. The van der Waals surface area contributed by atoms with Crippen LogP contribution in [0.4, 0.5) is 10.1 Å². The third-order valence-electron chi connectivity index (χ3n) is 6.07. The Morgan fingerprint density at radius 2 is 1.76 bits per heavy atom. The topological polar surface area (TPSA) is 50.6 Å². The highest BCUT2D eigenvalue weighted by atomic mass is 32.1. The van der Waals surface area contributed by atoms with E-state index in [1.165, 1.54) is 23.5 Å². The zero-order valence-corrected chi connectivity index (χ0v) is 19.4. The number of hydrogen-bond acceptors (Lipinski definition) is 5. The van der Waals surface area contributed by atoms with Crippen molar-refractivity contribution in [2.24, 2.45) is 0 Å². The second-order valence-corrected chi connectivity index (χ2v) is 9.21. The SMILES string of the molecule is COc1ccc(N2CCN(C(=O)c3cc4c(C)nn(Cc5ccc(F)cc5)c4s3)CC2)cc1. The van der Waals surface area contributed by atoms with Gasteiger partial charge in [-0.3, -0.25) is 9.48 Å². The number of fused-ring (bicyclic) bond motifs is 1. The van der Waals surface area contributed by atoms with E-state index in [1.807, 2.05) is 34.7 Å². The predicted molar refractivity (Wildman–Crippen MR) is 129 cm³/mol. The molecule has 0 atom stereocenters. The number of rotatable bonds is 5. The van der Waals surface area contributed by atoms with Crippen LogP contribution in [0.2, 0.25) is 0 Å². The summed E-state index contributed by atoms with van der Waals surface area (Å²) in [6.07, 6.45) is 0. The molecule has 0 radical (unpaired) electrons. The predicted octanol–water partition coefficient (Wildman–Crippen LogP) is 4.56. The van der Waals surface area contributed by atoms with Crippen LogP contribution in [0, 0.1) is 12.7 Å². The Bertz CT molecular complexity index is 1270. The fraction of sp³-hybridized carbons (Fsp3) is 0.280. The van der Waals surface area contributed by atoms with E-state index >= 15 is 0 Å². The molecule has 0 aliphatic carbocycles. The third kappa shape index (κ3) is 4.30. The lowest BCUT2D eigenvalue weighted by molar-refractivity contribution is 0.0751. The van der Waals surface area contributed by atoms with Crippen LogP contribution in [-0.2, 0) is 6.54 Å². The molecule has 0 N–H and O–H groups in total. The van der Waals surface area contributed by atoms with Gasteiger partial charge in [0, 0.05) is 37.3 Å². The number of halogens is 1. The number of nitrogens with zero attached hydrogens (tertiary/aromatic N) is 4. The second-order valence-electron chi connectivity index (χ2n) is 8.18. The number of piperazine rings is 1. The van der Waals surface area contributed by atoms with E-state index in [9.17, 15) is 9.18 Å². The molecule has 2 aromatic carbocycles. The number of hydrogen-bond donors (Lipinski definition) is 0. The van der Waals surface area contributed by atoms with E-state index in [0.717, 1.165) is 50.9 Å². The normalized spacial score (nSPS) is 14.2. The molecule has 3 heterocycles. The molecule has 1 saturated heterocycles. The molecule has 170 valence electrons. The molecule has 8 heteroatoms. The van der Waals surface area contributed by atoms with Crippen LogP contribution < -0.4 is 9.64 Å². The van der Waals surface area contributed by atoms with Crippen molar-refractivity contribution in [1.82, 2.24) is 14.7 Å². The first kappa shape index (κ1) is 21.5. The molecule has 0 saturated carbocycles. The number of carbonyl (C=O) groups excluding carboxylic acids is 1. The molecular formula is C25H25FN4O2S. The lowest BCUT2D eigenvalue weighted by Crippen LogP contribution is -2.48. The Morgan fingerprint density at radius 1 is 1.06 bits per heavy atom. The summed E-state index contributed by atoms with van der Waals surface area (Å²) in [6.45, 7) is 5.44. The molecule has 1 aliphatic rings. The molecule has 4 aromatic rings. The van der Waals surface area contributed by atoms with Gasteiger partial charge in [0.05, 0.1) is 24.2 Å². The third-order valence-corrected chi connectivity index (χ3v) is 7.20. The number of methoxy groups -OCH3 is 1. The van der Waals surface area contributed by atoms with Gasteiger partial charge in [0.15, 0.2) is 0 Å². The average molecular weight is 465 g/mol. The maximum absolute atomic E-state index is 13.2. The minimum absolute atomic E-state index is 0.0679. The van der Waals surface area contributed by atoms with Crippen LogP contribution >= 0.6 is 11.3 Å². The fourth-order valence-electron chi connectivity index (χ4n) is 4.20. The number of aryl methyl sites for hydroxylation is 1. The van der Waals surface area contributed by atoms with Gasteiger partial charge in [0.2, 0.25) is 0 Å². The van der Waals surface area contributed by atoms with Crippen LogP contribution in [0.25, 0.3) is 10.2 Å². The molecule has 5 rings (SSSR count). The number of benzene rings is 2. The Labute approximate surface area is 195 Å². The Hall–Kier alpha value is -3.39. The molecule has 6 nitrogen and oxygen atoms in total. The molecule has 0 bridgehead atoms. The van der Waals surface area contributed by atoms with Crippen LogP contribution in [0.3, 0.4) is 0 Å². The van der Waals surface area contributed by atoms with Crippen molar-refractivity contribution in [2.45, 2.75) is 13.5 Å². The Kier molecular flexibility index (Phi) is 5.76. The molecule has 33 heavy (non-hydrogen) atoms. The average Bonchev–Trinajstić information content (AvgIpc) is 3.41. The van der Waals surface area contributed by atoms with Gasteiger partial charge < -0.3 is 14.5 Å². The zero-order chi connectivity index (χ0) is 22.9. The zero-order valence-electron chi connectivity index (χ0n) is 18.6. The van der Waals surface area contributed by atoms with Gasteiger partial charge in [0.25, 0.3) is 5.91 Å². The van der Waals surface area contributed by atoms with Gasteiger partial charge in [0.1, 0.15) is 16.4 Å². The fourth-order valence-corrected chi connectivity index (χ4v) is 5.33. The largest absolute Gasteiger partial charge is 0.497 e. The Balaban J connectivity index is 1.29. The lowest BCUT2D eigenvalue weighted by Gasteiger charge is -2.36. The number of anilines is 1. The van der Waals surface area contributed by atoms with Crippen molar-refractivity contribution >= 4 is 33.1 Å². The molecule has 0 unspecified atom stereocenters. The monoisotopic (exact) mass is 464 g/mol. The van der Waals surface area contributed by atoms with E-state index in [0.29, 0.717) is 19.6 Å². The summed E-state index contributed by atoms with van der Waals surface area (Å²) in [4.78, 5) is 19.2. The molecule has 1 amide bonds. The summed E-state index contributed by atoms with van der Waals surface area (Å²) in [7, 11) is 1.66. The Morgan fingerprint density at radius 3 is 2.42 bits per heavy atom. The van der Waals surface area contributed by atoms with Crippen molar-refractivity contribution < 1.29 is 13.9 Å². The van der Waals surface area contributed by atoms with Crippen LogP contribution in [-0.4, -0.2) is 53.9 Å². The molecular weight excluding hydrogens is 439 g/mol. The minimum atomic E-state index is -0.253. The standard InChI is InChI=1S/C25H25FN4O2S/c1-17-22-15-23(33-25(22)30(27-17)16-18-3-5-19(26)6-4-18)24(31)29-13-11-28(12-14-29)20-7-9-21(32-2)10-8-20/h3-10,15H,11-14,16H2,1-2H3. The van der Waals surface area contributed by atoms with Gasteiger partial charge >= 0.3 is 0 Å². The van der Waals surface area contributed by atoms with Crippen LogP contribution in [0.5, 0.6) is 5.75 Å². The minimum Gasteiger partial charge on any atom is -0.497 e. The highest BCUT2D eigenvalue weighted by Gasteiger charge is 2.25. The highest BCUT2D eigenvalue weighted by Crippen LogP contribution is 2.30. The smallest absolute Gasteiger partial charge is 0.264 e. The van der Waals surface area contributed by atoms with E-state index in [1.54, 1.807) is 19.2 Å². The number of carbonyl (C=O) groups is 1. The number of aromatic nitrogens is 2. The summed E-state index contributed by atoms with van der Waals surface area (Å²) in [5.74, 6) is 0.653. The van der Waals surface area contributed by atoms with Crippen LogP contribution in [0.15, 0.2) is 54.6 Å². The van der Waals surface area contributed by atoms with E-state index in [4.69, 9.17) is 4.74 Å². The number of ether oxygens (including phenoxy) is 1. The summed E-state index contributed by atoms with van der Waals surface area (Å²) < 4.78 is 20.4. The van der Waals surface area contributed by atoms with E-state index < -0.39 is 0 Å². The van der Waals surface area contributed by atoms with Crippen LogP contribution in [0.1, 0.15) is 20.9 Å². The second kappa shape index (κ2) is 8.86. The van der Waals surface area contributed by atoms with Gasteiger partial charge in [-0.15, -0.1) is 11.3 Å². The first-order valence-corrected chi connectivity index (χ1v) is 11.7. The number of thiophene rings is 1. The van der Waals surface area contributed by atoms with Crippen molar-refractivity contribution in [1.29, 1.82) is 0 Å². The maximum atomic E-state index is 13.2. The van der Waals surface area contributed by atoms with Gasteiger partial charge in [-0.25, -0.2) is 4.39 Å². The molecule has 1 fully saturated rings. The molecule has 0 spiro atoms. The van der Waals surface area contributed by atoms with Gasteiger partial charge in [-0.1, -0.05) is 12.1 Å². The van der Waals surface area contributed by atoms with Crippen molar-refractivity contribution in [3.8, 4) is 5.75 Å². The first-order chi connectivity index (χ1) is 16.0. The van der Waals surface area contributed by atoms with E-state index in [-0.39, 0.29) is 11.7 Å².